The van der Waals surface area contributed by atoms with E-state index in [9.17, 15) is 9.50 Å². The zero-order valence-corrected chi connectivity index (χ0v) is 20.0. The molecule has 5 aromatic heterocycles. The summed E-state index contributed by atoms with van der Waals surface area (Å²) in [6, 6.07) is 9.81. The first-order valence-corrected chi connectivity index (χ1v) is 12.5. The number of imidazole rings is 1. The average molecular weight is 516 g/mol. The standard InChI is InChI=1S/C26H19F2N7OS/c27-18-9-19-17(8-16(18)13-7-14(11-29-10-13)31-26(36)12-1-2-12)23(35-34-19)25-32-22-15(5-6-30-24(22)33-25)20-3-4-21(28)37-20/h3-12,26,31,36H,1-2H2,(H,34,35)(H,30,32,33). The van der Waals surface area contributed by atoms with Crippen LogP contribution in [0.5, 0.6) is 0 Å². The number of thiophene rings is 1. The van der Waals surface area contributed by atoms with Crippen molar-refractivity contribution in [3.05, 3.63) is 65.9 Å². The lowest BCUT2D eigenvalue weighted by Crippen LogP contribution is -2.20. The number of aromatic amines is 2. The predicted octanol–water partition coefficient (Wildman–Crippen LogP) is 5.71. The molecule has 1 aliphatic carbocycles. The largest absolute Gasteiger partial charge is 0.374 e. The van der Waals surface area contributed by atoms with Crippen molar-refractivity contribution in [3.63, 3.8) is 0 Å². The zero-order chi connectivity index (χ0) is 25.1. The van der Waals surface area contributed by atoms with Gasteiger partial charge in [-0.3, -0.25) is 10.1 Å². The number of pyridine rings is 2. The fourth-order valence-corrected chi connectivity index (χ4v) is 5.26. The fraction of sp³-hybridized carbons (Fsp3) is 0.154. The highest BCUT2D eigenvalue weighted by Gasteiger charge is 2.29. The first-order chi connectivity index (χ1) is 18.0. The minimum absolute atomic E-state index is 0.239. The molecule has 8 nitrogen and oxygen atoms in total. The number of anilines is 1. The molecule has 1 atom stereocenters. The topological polar surface area (TPSA) is 115 Å². The van der Waals surface area contributed by atoms with Crippen LogP contribution < -0.4 is 5.32 Å². The van der Waals surface area contributed by atoms with Crippen molar-refractivity contribution in [2.24, 2.45) is 5.92 Å². The van der Waals surface area contributed by atoms with Crippen LogP contribution in [0.15, 0.2) is 55.0 Å². The Bertz CT molecular complexity index is 1790. The zero-order valence-electron chi connectivity index (χ0n) is 19.2. The van der Waals surface area contributed by atoms with Gasteiger partial charge in [0, 0.05) is 51.3 Å². The Morgan fingerprint density at radius 3 is 2.78 bits per heavy atom. The molecule has 1 aromatic carbocycles. The molecule has 0 amide bonds. The molecule has 7 rings (SSSR count). The Morgan fingerprint density at radius 2 is 1.97 bits per heavy atom. The second kappa shape index (κ2) is 8.43. The lowest BCUT2D eigenvalue weighted by molar-refractivity contribution is 0.180. The second-order valence-corrected chi connectivity index (χ2v) is 10.1. The van der Waals surface area contributed by atoms with Crippen LogP contribution in [-0.2, 0) is 0 Å². The molecule has 1 saturated carbocycles. The molecular formula is C26H19F2N7OS. The number of H-pyrrole nitrogens is 2. The number of hydrogen-bond donors (Lipinski definition) is 4. The Labute approximate surface area is 212 Å². The summed E-state index contributed by atoms with van der Waals surface area (Å²) < 4.78 is 28.8. The highest BCUT2D eigenvalue weighted by molar-refractivity contribution is 7.14. The second-order valence-electron chi connectivity index (χ2n) is 9.09. The van der Waals surface area contributed by atoms with Crippen LogP contribution in [0.4, 0.5) is 14.5 Å². The summed E-state index contributed by atoms with van der Waals surface area (Å²) in [5.74, 6) is 0.262. The van der Waals surface area contributed by atoms with E-state index in [0.29, 0.717) is 50.4 Å². The van der Waals surface area contributed by atoms with E-state index >= 15 is 4.39 Å². The average Bonchev–Trinajstić information content (AvgIpc) is 3.31. The molecular weight excluding hydrogens is 496 g/mol. The monoisotopic (exact) mass is 515 g/mol. The molecule has 37 heavy (non-hydrogen) atoms. The molecule has 0 aliphatic heterocycles. The number of hydrogen-bond acceptors (Lipinski definition) is 7. The van der Waals surface area contributed by atoms with Gasteiger partial charge in [0.2, 0.25) is 0 Å². The molecule has 1 aliphatic rings. The maximum atomic E-state index is 15.2. The number of aliphatic hydroxyl groups excluding tert-OH is 1. The Morgan fingerprint density at radius 1 is 1.08 bits per heavy atom. The van der Waals surface area contributed by atoms with Crippen molar-refractivity contribution in [2.45, 2.75) is 19.1 Å². The van der Waals surface area contributed by atoms with Crippen LogP contribution >= 0.6 is 11.3 Å². The third kappa shape index (κ3) is 3.92. The summed E-state index contributed by atoms with van der Waals surface area (Å²) in [4.78, 5) is 17.2. The number of benzene rings is 1. The molecule has 1 fully saturated rings. The van der Waals surface area contributed by atoms with Crippen LogP contribution in [0, 0.1) is 16.9 Å². The molecule has 0 bridgehead atoms. The molecule has 1 unspecified atom stereocenters. The van der Waals surface area contributed by atoms with E-state index in [1.165, 1.54) is 12.1 Å². The van der Waals surface area contributed by atoms with Gasteiger partial charge in [-0.15, -0.1) is 11.3 Å². The number of nitrogens with one attached hydrogen (secondary N) is 3. The van der Waals surface area contributed by atoms with Crippen LogP contribution in [0.25, 0.3) is 55.2 Å². The first-order valence-electron chi connectivity index (χ1n) is 11.7. The fourth-order valence-electron chi connectivity index (χ4n) is 4.49. The van der Waals surface area contributed by atoms with E-state index in [2.05, 4.69) is 35.5 Å². The van der Waals surface area contributed by atoms with E-state index in [0.717, 1.165) is 34.6 Å². The van der Waals surface area contributed by atoms with Gasteiger partial charge in [0.05, 0.1) is 22.9 Å². The van der Waals surface area contributed by atoms with Gasteiger partial charge in [-0.25, -0.2) is 14.4 Å². The normalized spacial score (nSPS) is 14.5. The third-order valence-corrected chi connectivity index (χ3v) is 7.44. The predicted molar refractivity (Wildman–Crippen MR) is 138 cm³/mol. The molecule has 5 heterocycles. The minimum atomic E-state index is -0.651. The van der Waals surface area contributed by atoms with Crippen molar-refractivity contribution in [1.29, 1.82) is 0 Å². The van der Waals surface area contributed by atoms with Crippen molar-refractivity contribution in [2.75, 3.05) is 5.32 Å². The number of rotatable bonds is 6. The van der Waals surface area contributed by atoms with Gasteiger partial charge in [-0.05, 0) is 43.2 Å². The summed E-state index contributed by atoms with van der Waals surface area (Å²) in [6.07, 6.45) is 6.13. The van der Waals surface area contributed by atoms with Crippen molar-refractivity contribution < 1.29 is 13.9 Å². The van der Waals surface area contributed by atoms with E-state index in [1.807, 2.05) is 0 Å². The van der Waals surface area contributed by atoms with E-state index in [1.54, 1.807) is 42.9 Å². The maximum Gasteiger partial charge on any atom is 0.178 e. The number of aliphatic hydroxyl groups is 1. The Hall–Kier alpha value is -4.22. The smallest absolute Gasteiger partial charge is 0.178 e. The Balaban J connectivity index is 1.30. The molecule has 6 aromatic rings. The number of nitrogens with zero attached hydrogens (tertiary/aromatic N) is 4. The van der Waals surface area contributed by atoms with Gasteiger partial charge >= 0.3 is 0 Å². The van der Waals surface area contributed by atoms with E-state index < -0.39 is 12.0 Å². The van der Waals surface area contributed by atoms with Gasteiger partial charge in [0.15, 0.2) is 16.6 Å². The number of halogens is 2. The maximum absolute atomic E-state index is 15.2. The lowest BCUT2D eigenvalue weighted by Gasteiger charge is -2.14. The highest BCUT2D eigenvalue weighted by Crippen LogP contribution is 2.36. The number of fused-ring (bicyclic) bond motifs is 2. The van der Waals surface area contributed by atoms with Crippen molar-refractivity contribution >= 4 is 39.1 Å². The summed E-state index contributed by atoms with van der Waals surface area (Å²) in [7, 11) is 0. The number of aromatic nitrogens is 6. The van der Waals surface area contributed by atoms with Crippen LogP contribution in [0.1, 0.15) is 12.8 Å². The highest BCUT2D eigenvalue weighted by atomic mass is 32.1. The molecule has 0 spiro atoms. The van der Waals surface area contributed by atoms with E-state index in [4.69, 9.17) is 0 Å². The Kier molecular flexibility index (Phi) is 5.01. The van der Waals surface area contributed by atoms with Gasteiger partial charge in [0.1, 0.15) is 17.7 Å². The summed E-state index contributed by atoms with van der Waals surface area (Å²) in [5, 5.41) is 20.9. The molecule has 0 saturated heterocycles. The molecule has 184 valence electrons. The van der Waals surface area contributed by atoms with Crippen LogP contribution in [0.3, 0.4) is 0 Å². The van der Waals surface area contributed by atoms with Gasteiger partial charge in [-0.1, -0.05) is 0 Å². The van der Waals surface area contributed by atoms with Crippen LogP contribution in [-0.4, -0.2) is 41.5 Å². The lowest BCUT2D eigenvalue weighted by atomic mass is 10.0. The van der Waals surface area contributed by atoms with Crippen LogP contribution in [0.2, 0.25) is 0 Å². The van der Waals surface area contributed by atoms with E-state index in [-0.39, 0.29) is 11.0 Å². The van der Waals surface area contributed by atoms with Gasteiger partial charge < -0.3 is 15.4 Å². The first kappa shape index (κ1) is 22.0. The quantitative estimate of drug-likeness (QED) is 0.211. The molecule has 11 heteroatoms. The summed E-state index contributed by atoms with van der Waals surface area (Å²) >= 11 is 1.04. The minimum Gasteiger partial charge on any atom is -0.374 e. The van der Waals surface area contributed by atoms with Crippen molar-refractivity contribution in [1.82, 2.24) is 30.1 Å². The molecule has 4 N–H and O–H groups in total. The van der Waals surface area contributed by atoms with Crippen molar-refractivity contribution in [3.8, 4) is 33.1 Å². The summed E-state index contributed by atoms with van der Waals surface area (Å²) in [6.45, 7) is 0. The molecule has 0 radical (unpaired) electrons. The van der Waals surface area contributed by atoms with Gasteiger partial charge in [-0.2, -0.15) is 9.49 Å². The third-order valence-electron chi connectivity index (χ3n) is 6.54. The SMILES string of the molecule is OC(Nc1cncc(-c2cc3c(-c4nc5nccc(-c6ccc(F)s6)c5[nH]4)n[nH]c3cc2F)c1)C1CC1. The summed E-state index contributed by atoms with van der Waals surface area (Å²) in [5.41, 5.74) is 4.45. The van der Waals surface area contributed by atoms with Gasteiger partial charge in [0.25, 0.3) is 0 Å².